The monoisotopic (exact) mass is 537 g/mol. The summed E-state index contributed by atoms with van der Waals surface area (Å²) < 4.78 is 13.3. The lowest BCUT2D eigenvalue weighted by Gasteiger charge is -2.14. The van der Waals surface area contributed by atoms with Crippen LogP contribution in [-0.4, -0.2) is 43.3 Å². The number of hydrogen-bond donors (Lipinski definition) is 0. The number of pyridine rings is 1. The van der Waals surface area contributed by atoms with E-state index in [0.717, 1.165) is 0 Å². The molecule has 6 rings (SSSR count). The van der Waals surface area contributed by atoms with Gasteiger partial charge < -0.3 is 9.47 Å². The van der Waals surface area contributed by atoms with Crippen LogP contribution < -0.4 is 10.3 Å². The summed E-state index contributed by atoms with van der Waals surface area (Å²) in [6, 6.07) is 17.8. The highest BCUT2D eigenvalue weighted by Crippen LogP contribution is 2.43. The molecule has 0 amide bonds. The summed E-state index contributed by atoms with van der Waals surface area (Å²) in [4.78, 5) is 50.9. The van der Waals surface area contributed by atoms with Gasteiger partial charge in [0.25, 0.3) is 11.2 Å². The number of ketones is 1. The minimum absolute atomic E-state index is 0.160. The molecule has 2 aromatic heterocycles. The second-order valence-corrected chi connectivity index (χ2v) is 8.93. The maximum atomic E-state index is 13.6. The number of nitro benzene ring substituents is 1. The van der Waals surface area contributed by atoms with E-state index >= 15 is 0 Å². The van der Waals surface area contributed by atoms with E-state index in [-0.39, 0.29) is 29.5 Å². The number of carbonyl (C=O) groups excluding carboxylic acids is 2. The van der Waals surface area contributed by atoms with E-state index in [1.165, 1.54) is 40.8 Å². The Hall–Kier alpha value is -5.65. The van der Waals surface area contributed by atoms with Crippen molar-refractivity contribution in [2.75, 3.05) is 7.11 Å². The molecule has 1 aliphatic rings. The fourth-order valence-electron chi connectivity index (χ4n) is 4.94. The molecule has 0 unspecified atom stereocenters. The molecule has 198 valence electrons. The molecule has 0 atom stereocenters. The molecule has 0 spiro atoms. The Kier molecular flexibility index (Phi) is 5.91. The number of fused-ring (bicyclic) bond motifs is 5. The largest absolute Gasteiger partial charge is 0.496 e. The number of esters is 1. The lowest BCUT2D eigenvalue weighted by atomic mass is 10.0. The van der Waals surface area contributed by atoms with E-state index in [4.69, 9.17) is 9.47 Å². The Labute approximate surface area is 225 Å². The minimum atomic E-state index is -0.747. The summed E-state index contributed by atoms with van der Waals surface area (Å²) in [6.07, 6.45) is 1.41. The van der Waals surface area contributed by atoms with E-state index in [9.17, 15) is 24.5 Å². The van der Waals surface area contributed by atoms with Gasteiger partial charge in [-0.1, -0.05) is 47.7 Å². The summed E-state index contributed by atoms with van der Waals surface area (Å²) in [5.41, 5.74) is 1.29. The Morgan fingerprint density at radius 1 is 0.975 bits per heavy atom. The second-order valence-electron chi connectivity index (χ2n) is 8.93. The Morgan fingerprint density at radius 2 is 1.73 bits per heavy atom. The topological polar surface area (TPSA) is 148 Å². The van der Waals surface area contributed by atoms with Crippen molar-refractivity contribution >= 4 is 28.2 Å². The van der Waals surface area contributed by atoms with Crippen molar-refractivity contribution in [1.82, 2.24) is 19.6 Å². The molecule has 0 aliphatic heterocycles. The minimum Gasteiger partial charge on any atom is -0.496 e. The van der Waals surface area contributed by atoms with Crippen molar-refractivity contribution in [3.05, 3.63) is 110 Å². The van der Waals surface area contributed by atoms with Crippen molar-refractivity contribution < 1.29 is 24.0 Å². The maximum Gasteiger partial charge on any atom is 0.326 e. The average molecular weight is 537 g/mol. The van der Waals surface area contributed by atoms with Crippen molar-refractivity contribution in [3.8, 4) is 22.7 Å². The fraction of sp³-hybridized carbons (Fsp3) is 0.107. The van der Waals surface area contributed by atoms with Crippen LogP contribution in [0, 0.1) is 10.1 Å². The van der Waals surface area contributed by atoms with Crippen molar-refractivity contribution in [2.24, 2.45) is 0 Å². The molecular formula is C28H19N5O7. The van der Waals surface area contributed by atoms with Crippen molar-refractivity contribution in [2.45, 2.75) is 13.2 Å². The van der Waals surface area contributed by atoms with Gasteiger partial charge >= 0.3 is 5.97 Å². The second kappa shape index (κ2) is 9.58. The highest BCUT2D eigenvalue weighted by molar-refractivity contribution is 6.27. The highest BCUT2D eigenvalue weighted by Gasteiger charge is 2.35. The zero-order valence-corrected chi connectivity index (χ0v) is 20.9. The van der Waals surface area contributed by atoms with Crippen LogP contribution in [0.1, 0.15) is 21.6 Å². The molecule has 0 bridgehead atoms. The summed E-state index contributed by atoms with van der Waals surface area (Å²) in [6.45, 7) is -0.748. The predicted molar refractivity (Wildman–Crippen MR) is 141 cm³/mol. The van der Waals surface area contributed by atoms with Crippen molar-refractivity contribution in [3.63, 3.8) is 0 Å². The van der Waals surface area contributed by atoms with Crippen LogP contribution in [0.15, 0.2) is 77.7 Å². The number of nitrogens with zero attached hydrogens (tertiary/aromatic N) is 5. The van der Waals surface area contributed by atoms with Gasteiger partial charge in [0.2, 0.25) is 0 Å². The number of methoxy groups -OCH3 is 1. The fourth-order valence-corrected chi connectivity index (χ4v) is 4.94. The lowest BCUT2D eigenvalue weighted by molar-refractivity contribution is -0.384. The van der Waals surface area contributed by atoms with Crippen LogP contribution >= 0.6 is 0 Å². The van der Waals surface area contributed by atoms with Crippen LogP contribution in [0.4, 0.5) is 5.69 Å². The third-order valence-electron chi connectivity index (χ3n) is 6.67. The summed E-state index contributed by atoms with van der Waals surface area (Å²) in [5, 5.41) is 19.9. The average Bonchev–Trinajstić information content (AvgIpc) is 3.57. The molecule has 0 radical (unpaired) electrons. The first-order valence-corrected chi connectivity index (χ1v) is 12.1. The van der Waals surface area contributed by atoms with Crippen LogP contribution in [0.5, 0.6) is 5.75 Å². The Bertz CT molecular complexity index is 1920. The summed E-state index contributed by atoms with van der Waals surface area (Å²) in [5.74, 6) is -0.679. The highest BCUT2D eigenvalue weighted by atomic mass is 16.6. The first-order chi connectivity index (χ1) is 19.4. The molecule has 0 N–H and O–H groups in total. The Balaban J connectivity index is 1.32. The first kappa shape index (κ1) is 24.7. The molecule has 1 aliphatic carbocycles. The molecular weight excluding hydrogens is 518 g/mol. The van der Waals surface area contributed by atoms with E-state index in [1.807, 2.05) is 0 Å². The number of hydrogen-bond acceptors (Lipinski definition) is 9. The van der Waals surface area contributed by atoms with Crippen LogP contribution in [0.2, 0.25) is 0 Å². The molecule has 12 heteroatoms. The number of nitro groups is 1. The molecule has 12 nitrogen and oxygen atoms in total. The quantitative estimate of drug-likeness (QED) is 0.170. The molecule has 0 saturated carbocycles. The van der Waals surface area contributed by atoms with Crippen LogP contribution in [0.25, 0.3) is 27.7 Å². The van der Waals surface area contributed by atoms with Gasteiger partial charge in [-0.2, -0.15) is 0 Å². The van der Waals surface area contributed by atoms with E-state index in [2.05, 4.69) is 10.3 Å². The van der Waals surface area contributed by atoms with Gasteiger partial charge in [-0.05, 0) is 18.2 Å². The van der Waals surface area contributed by atoms with Gasteiger partial charge in [0.1, 0.15) is 30.3 Å². The van der Waals surface area contributed by atoms with E-state index in [1.54, 1.807) is 48.5 Å². The SMILES string of the molecule is COc1cccc2c1C(=O)c1c-2n(CC(=O)OCc2cn(-c3ccccc3[N+](=O)[O-])nn2)c(=O)c2ccccc12. The molecule has 5 aromatic rings. The molecule has 3 aromatic carbocycles. The number of carbonyl (C=O) groups is 2. The van der Waals surface area contributed by atoms with Gasteiger partial charge in [-0.25, -0.2) is 4.68 Å². The zero-order valence-electron chi connectivity index (χ0n) is 20.9. The van der Waals surface area contributed by atoms with Crippen LogP contribution in [-0.2, 0) is 22.7 Å². The van der Waals surface area contributed by atoms with Crippen molar-refractivity contribution in [1.29, 1.82) is 0 Å². The van der Waals surface area contributed by atoms with Gasteiger partial charge in [-0.15, -0.1) is 5.10 Å². The van der Waals surface area contributed by atoms with Gasteiger partial charge in [0.05, 0.1) is 35.1 Å². The van der Waals surface area contributed by atoms with E-state index < -0.39 is 23.0 Å². The van der Waals surface area contributed by atoms with E-state index in [0.29, 0.717) is 38.9 Å². The third-order valence-corrected chi connectivity index (χ3v) is 6.67. The van der Waals surface area contributed by atoms with Gasteiger partial charge in [0, 0.05) is 22.4 Å². The molecule has 0 saturated heterocycles. The van der Waals surface area contributed by atoms with Gasteiger partial charge in [-0.3, -0.25) is 29.1 Å². The van der Waals surface area contributed by atoms with Gasteiger partial charge in [0.15, 0.2) is 5.78 Å². The number of aromatic nitrogens is 4. The summed E-state index contributed by atoms with van der Waals surface area (Å²) >= 11 is 0. The normalized spacial score (nSPS) is 11.8. The van der Waals surface area contributed by atoms with Crippen LogP contribution in [0.3, 0.4) is 0 Å². The molecule has 2 heterocycles. The standard InChI is InChI=1S/C28H19N5O7/c1-39-22-12-6-9-19-24(22)27(35)25-17-7-2-3-8-18(17)28(36)31(26(19)25)14-23(34)40-15-16-13-32(30-29-16)20-10-4-5-11-21(20)33(37)38/h2-13H,14-15H2,1H3. The number of benzene rings is 3. The zero-order chi connectivity index (χ0) is 28.0. The predicted octanol–water partition coefficient (Wildman–Crippen LogP) is 3.45. The summed E-state index contributed by atoms with van der Waals surface area (Å²) in [7, 11) is 1.46. The third kappa shape index (κ3) is 3.89. The molecule has 40 heavy (non-hydrogen) atoms. The molecule has 0 fully saturated rings. The lowest BCUT2D eigenvalue weighted by Crippen LogP contribution is -2.27. The number of ether oxygens (including phenoxy) is 2. The number of para-hydroxylation sites is 2. The number of rotatable bonds is 7. The first-order valence-electron chi connectivity index (χ1n) is 12.1. The maximum absolute atomic E-state index is 13.6. The Morgan fingerprint density at radius 3 is 2.50 bits per heavy atom. The smallest absolute Gasteiger partial charge is 0.326 e.